The highest BCUT2D eigenvalue weighted by Gasteiger charge is 2.14. The van der Waals surface area contributed by atoms with E-state index in [2.05, 4.69) is 15.7 Å². The predicted molar refractivity (Wildman–Crippen MR) is 100 cm³/mol. The van der Waals surface area contributed by atoms with Crippen LogP contribution in [0.4, 0.5) is 4.79 Å². The minimum absolute atomic E-state index is 0.273. The van der Waals surface area contributed by atoms with Gasteiger partial charge in [-0.05, 0) is 44.5 Å². The summed E-state index contributed by atoms with van der Waals surface area (Å²) in [5.41, 5.74) is 2.52. The summed E-state index contributed by atoms with van der Waals surface area (Å²) in [5.74, 6) is -1.37. The maximum atomic E-state index is 12.0. The van der Waals surface area contributed by atoms with Crippen LogP contribution < -0.4 is 10.6 Å². The minimum Gasteiger partial charge on any atom is -0.452 e. The van der Waals surface area contributed by atoms with Crippen molar-refractivity contribution in [2.24, 2.45) is 0 Å². The van der Waals surface area contributed by atoms with Crippen molar-refractivity contribution in [2.45, 2.75) is 27.2 Å². The van der Waals surface area contributed by atoms with Crippen LogP contribution in [0, 0.1) is 13.8 Å². The molecule has 9 heteroatoms. The standard InChI is InChI=1S/C18H21ClN4O4/c1-4-9-20-18(26)21-15(24)10-27-17(25)13-5-7-14(8-6-13)23-12(3)16(19)11(2)22-23/h5-8H,4,9-10H2,1-3H3,(H2,20,21,24,26). The number of aryl methyl sites for hydroxylation is 1. The van der Waals surface area contributed by atoms with Crippen LogP contribution in [-0.2, 0) is 9.53 Å². The van der Waals surface area contributed by atoms with E-state index in [0.29, 0.717) is 17.3 Å². The first-order valence-electron chi connectivity index (χ1n) is 8.40. The number of esters is 1. The Morgan fingerprint density at radius 2 is 1.85 bits per heavy atom. The second-order valence-corrected chi connectivity index (χ2v) is 6.20. The number of ether oxygens (including phenoxy) is 1. The molecule has 8 nitrogen and oxygen atoms in total. The highest BCUT2D eigenvalue weighted by molar-refractivity contribution is 6.31. The zero-order chi connectivity index (χ0) is 20.0. The number of nitrogens with one attached hydrogen (secondary N) is 2. The lowest BCUT2D eigenvalue weighted by Crippen LogP contribution is -2.41. The predicted octanol–water partition coefficient (Wildman–Crippen LogP) is 2.54. The summed E-state index contributed by atoms with van der Waals surface area (Å²) in [5, 5.41) is 9.49. The molecule has 1 aromatic heterocycles. The lowest BCUT2D eigenvalue weighted by molar-refractivity contribution is -0.123. The number of carbonyl (C=O) groups is 3. The van der Waals surface area contributed by atoms with Crippen molar-refractivity contribution in [1.82, 2.24) is 20.4 Å². The fourth-order valence-corrected chi connectivity index (χ4v) is 2.39. The van der Waals surface area contributed by atoms with Crippen molar-refractivity contribution in [2.75, 3.05) is 13.2 Å². The number of nitrogens with zero attached hydrogens (tertiary/aromatic N) is 2. The molecule has 144 valence electrons. The van der Waals surface area contributed by atoms with Crippen LogP contribution in [0.1, 0.15) is 35.1 Å². The smallest absolute Gasteiger partial charge is 0.338 e. The third-order valence-electron chi connectivity index (χ3n) is 3.67. The maximum absolute atomic E-state index is 12.0. The monoisotopic (exact) mass is 392 g/mol. The van der Waals surface area contributed by atoms with Gasteiger partial charge in [0.15, 0.2) is 6.61 Å². The molecule has 0 atom stereocenters. The van der Waals surface area contributed by atoms with Gasteiger partial charge in [0.1, 0.15) is 0 Å². The maximum Gasteiger partial charge on any atom is 0.338 e. The lowest BCUT2D eigenvalue weighted by Gasteiger charge is -2.08. The molecule has 0 bridgehead atoms. The van der Waals surface area contributed by atoms with Gasteiger partial charge in [0, 0.05) is 6.54 Å². The molecule has 0 radical (unpaired) electrons. The van der Waals surface area contributed by atoms with E-state index in [1.54, 1.807) is 28.9 Å². The van der Waals surface area contributed by atoms with E-state index in [0.717, 1.165) is 17.8 Å². The SMILES string of the molecule is CCCNC(=O)NC(=O)COC(=O)c1ccc(-n2nc(C)c(Cl)c2C)cc1. The van der Waals surface area contributed by atoms with E-state index in [1.807, 2.05) is 20.8 Å². The van der Waals surface area contributed by atoms with E-state index in [-0.39, 0.29) is 5.56 Å². The molecule has 1 aromatic carbocycles. The topological polar surface area (TPSA) is 102 Å². The van der Waals surface area contributed by atoms with Gasteiger partial charge >= 0.3 is 12.0 Å². The fraction of sp³-hybridized carbons (Fsp3) is 0.333. The minimum atomic E-state index is -0.703. The van der Waals surface area contributed by atoms with Gasteiger partial charge in [0.2, 0.25) is 0 Å². The first-order valence-corrected chi connectivity index (χ1v) is 8.78. The van der Waals surface area contributed by atoms with Gasteiger partial charge in [-0.2, -0.15) is 5.10 Å². The van der Waals surface area contributed by atoms with Crippen molar-refractivity contribution < 1.29 is 19.1 Å². The summed E-state index contributed by atoms with van der Waals surface area (Å²) >= 11 is 6.14. The molecule has 0 spiro atoms. The molecule has 0 fully saturated rings. The molecule has 1 heterocycles. The molecule has 0 aliphatic heterocycles. The molecule has 27 heavy (non-hydrogen) atoms. The van der Waals surface area contributed by atoms with E-state index in [4.69, 9.17) is 16.3 Å². The van der Waals surface area contributed by atoms with Crippen molar-refractivity contribution >= 4 is 29.5 Å². The molecular formula is C18H21ClN4O4. The molecule has 0 aliphatic rings. The Morgan fingerprint density at radius 3 is 2.41 bits per heavy atom. The number of urea groups is 1. The highest BCUT2D eigenvalue weighted by Crippen LogP contribution is 2.22. The average molecular weight is 393 g/mol. The van der Waals surface area contributed by atoms with Crippen molar-refractivity contribution in [3.05, 3.63) is 46.2 Å². The van der Waals surface area contributed by atoms with E-state index in [9.17, 15) is 14.4 Å². The van der Waals surface area contributed by atoms with Crippen LogP contribution in [0.5, 0.6) is 0 Å². The number of aromatic nitrogens is 2. The quantitative estimate of drug-likeness (QED) is 0.735. The summed E-state index contributed by atoms with van der Waals surface area (Å²) < 4.78 is 6.59. The largest absolute Gasteiger partial charge is 0.452 e. The molecule has 2 rings (SSSR count). The van der Waals surface area contributed by atoms with Gasteiger partial charge in [-0.15, -0.1) is 0 Å². The van der Waals surface area contributed by atoms with Gasteiger partial charge in [0.25, 0.3) is 5.91 Å². The normalized spacial score (nSPS) is 10.4. The number of carbonyl (C=O) groups excluding carboxylic acids is 3. The summed E-state index contributed by atoms with van der Waals surface area (Å²) in [4.78, 5) is 35.0. The Bertz CT molecular complexity index is 846. The summed E-state index contributed by atoms with van der Waals surface area (Å²) in [6.45, 7) is 5.45. The van der Waals surface area contributed by atoms with Crippen LogP contribution in [0.2, 0.25) is 5.02 Å². The van der Waals surface area contributed by atoms with Crippen LogP contribution >= 0.6 is 11.6 Å². The number of amides is 3. The zero-order valence-electron chi connectivity index (χ0n) is 15.3. The average Bonchev–Trinajstić information content (AvgIpc) is 2.92. The summed E-state index contributed by atoms with van der Waals surface area (Å²) in [6, 6.07) is 5.91. The number of rotatable bonds is 6. The lowest BCUT2D eigenvalue weighted by atomic mass is 10.2. The number of hydrogen-bond acceptors (Lipinski definition) is 5. The summed E-state index contributed by atoms with van der Waals surface area (Å²) in [7, 11) is 0. The van der Waals surface area contributed by atoms with E-state index >= 15 is 0 Å². The van der Waals surface area contributed by atoms with Crippen LogP contribution in [0.3, 0.4) is 0 Å². The molecule has 0 saturated carbocycles. The molecule has 0 aliphatic carbocycles. The second kappa shape index (κ2) is 9.18. The number of benzene rings is 1. The van der Waals surface area contributed by atoms with Gasteiger partial charge < -0.3 is 10.1 Å². The van der Waals surface area contributed by atoms with Gasteiger partial charge in [-0.3, -0.25) is 10.1 Å². The van der Waals surface area contributed by atoms with E-state index < -0.39 is 24.5 Å². The number of hydrogen-bond donors (Lipinski definition) is 2. The zero-order valence-corrected chi connectivity index (χ0v) is 16.1. The number of imide groups is 1. The Morgan fingerprint density at radius 1 is 1.19 bits per heavy atom. The van der Waals surface area contributed by atoms with Crippen LogP contribution in [0.15, 0.2) is 24.3 Å². The van der Waals surface area contributed by atoms with Crippen molar-refractivity contribution in [1.29, 1.82) is 0 Å². The van der Waals surface area contributed by atoms with Crippen LogP contribution in [0.25, 0.3) is 5.69 Å². The highest BCUT2D eigenvalue weighted by atomic mass is 35.5. The molecule has 0 saturated heterocycles. The molecule has 2 aromatic rings. The van der Waals surface area contributed by atoms with Gasteiger partial charge in [-0.25, -0.2) is 14.3 Å². The third-order valence-corrected chi connectivity index (χ3v) is 4.22. The third kappa shape index (κ3) is 5.30. The second-order valence-electron chi connectivity index (χ2n) is 5.82. The molecule has 3 amide bonds. The Hall–Kier alpha value is -2.87. The molecule has 2 N–H and O–H groups in total. The first kappa shape index (κ1) is 20.4. The Kier molecular flexibility index (Phi) is 6.95. The molecule has 0 unspecified atom stereocenters. The molecular weight excluding hydrogens is 372 g/mol. The van der Waals surface area contributed by atoms with Gasteiger partial charge in [0.05, 0.1) is 27.7 Å². The summed E-state index contributed by atoms with van der Waals surface area (Å²) in [6.07, 6.45) is 0.746. The van der Waals surface area contributed by atoms with E-state index in [1.165, 1.54) is 0 Å². The van der Waals surface area contributed by atoms with Crippen molar-refractivity contribution in [3.63, 3.8) is 0 Å². The fourth-order valence-electron chi connectivity index (χ4n) is 2.27. The van der Waals surface area contributed by atoms with Gasteiger partial charge in [-0.1, -0.05) is 18.5 Å². The Labute approximate surface area is 161 Å². The van der Waals surface area contributed by atoms with Crippen LogP contribution in [-0.4, -0.2) is 40.8 Å². The Balaban J connectivity index is 1.93. The first-order chi connectivity index (χ1) is 12.8. The number of halogens is 1. The van der Waals surface area contributed by atoms with Crippen molar-refractivity contribution in [3.8, 4) is 5.69 Å².